The Morgan fingerprint density at radius 2 is 1.77 bits per heavy atom. The van der Waals surface area contributed by atoms with Crippen LogP contribution < -0.4 is 5.56 Å². The van der Waals surface area contributed by atoms with Crippen LogP contribution in [0.1, 0.15) is 11.3 Å². The number of phenols is 1. The summed E-state index contributed by atoms with van der Waals surface area (Å²) in [4.78, 5) is 29.9. The molecular weight excluding hydrogens is 402 g/mol. The third kappa shape index (κ3) is 3.67. The SMILES string of the molecule is Cc1c(N=C2SCC(=O)N2/N=C/c2ccc(O)cc2)c(=O)n(-c2ccccc2)n1C. The zero-order valence-corrected chi connectivity index (χ0v) is 17.2. The van der Waals surface area contributed by atoms with Crippen molar-refractivity contribution in [1.29, 1.82) is 0 Å². The molecule has 4 rings (SSSR count). The number of hydrogen-bond acceptors (Lipinski definition) is 6. The van der Waals surface area contributed by atoms with Gasteiger partial charge in [-0.15, -0.1) is 0 Å². The van der Waals surface area contributed by atoms with E-state index in [2.05, 4.69) is 10.1 Å². The largest absolute Gasteiger partial charge is 0.508 e. The van der Waals surface area contributed by atoms with E-state index in [4.69, 9.17) is 0 Å². The van der Waals surface area contributed by atoms with Crippen molar-refractivity contribution in [3.63, 3.8) is 0 Å². The summed E-state index contributed by atoms with van der Waals surface area (Å²) in [6.07, 6.45) is 1.51. The number of hydrogen-bond donors (Lipinski definition) is 1. The van der Waals surface area contributed by atoms with Gasteiger partial charge in [-0.25, -0.2) is 9.67 Å². The van der Waals surface area contributed by atoms with Crippen LogP contribution in [0.5, 0.6) is 5.75 Å². The van der Waals surface area contributed by atoms with E-state index >= 15 is 0 Å². The van der Waals surface area contributed by atoms with Gasteiger partial charge in [-0.2, -0.15) is 10.1 Å². The van der Waals surface area contributed by atoms with Gasteiger partial charge in [0.2, 0.25) is 0 Å². The van der Waals surface area contributed by atoms with Crippen molar-refractivity contribution in [1.82, 2.24) is 14.4 Å². The van der Waals surface area contributed by atoms with Crippen LogP contribution in [-0.4, -0.2) is 42.5 Å². The fraction of sp³-hybridized carbons (Fsp3) is 0.143. The molecule has 0 aliphatic carbocycles. The number of carbonyl (C=O) groups is 1. The predicted octanol–water partition coefficient (Wildman–Crippen LogP) is 2.79. The molecule has 1 fully saturated rings. The summed E-state index contributed by atoms with van der Waals surface area (Å²) < 4.78 is 3.28. The number of thioether (sulfide) groups is 1. The Hall–Kier alpha value is -3.59. The number of aromatic hydroxyl groups is 1. The normalized spacial score (nSPS) is 15.6. The molecule has 0 atom stereocenters. The molecule has 1 saturated heterocycles. The van der Waals surface area contributed by atoms with Crippen LogP contribution in [0.15, 0.2) is 69.5 Å². The van der Waals surface area contributed by atoms with E-state index in [-0.39, 0.29) is 28.7 Å². The van der Waals surface area contributed by atoms with Gasteiger partial charge in [-0.05, 0) is 48.9 Å². The maximum absolute atomic E-state index is 13.1. The third-order valence-corrected chi connectivity index (χ3v) is 5.60. The first-order valence-corrected chi connectivity index (χ1v) is 10.2. The Kier molecular flexibility index (Phi) is 5.28. The van der Waals surface area contributed by atoms with Crippen molar-refractivity contribution in [2.75, 3.05) is 5.75 Å². The second kappa shape index (κ2) is 8.03. The number of carbonyl (C=O) groups excluding carboxylic acids is 1. The van der Waals surface area contributed by atoms with Crippen molar-refractivity contribution >= 4 is 34.7 Å². The van der Waals surface area contributed by atoms with E-state index in [1.165, 1.54) is 35.1 Å². The van der Waals surface area contributed by atoms with E-state index in [9.17, 15) is 14.7 Å². The van der Waals surface area contributed by atoms with Gasteiger partial charge in [0.1, 0.15) is 5.75 Å². The lowest BCUT2D eigenvalue weighted by Crippen LogP contribution is -2.24. The highest BCUT2D eigenvalue weighted by Gasteiger charge is 2.29. The number of para-hydroxylation sites is 1. The predicted molar refractivity (Wildman–Crippen MR) is 118 cm³/mol. The lowest BCUT2D eigenvalue weighted by atomic mass is 10.2. The zero-order valence-electron chi connectivity index (χ0n) is 16.4. The van der Waals surface area contributed by atoms with Crippen LogP contribution in [-0.2, 0) is 11.8 Å². The average Bonchev–Trinajstić information content (AvgIpc) is 3.20. The van der Waals surface area contributed by atoms with Crippen LogP contribution in [0.4, 0.5) is 5.69 Å². The van der Waals surface area contributed by atoms with Gasteiger partial charge in [0.15, 0.2) is 10.9 Å². The summed E-state index contributed by atoms with van der Waals surface area (Å²) in [5.74, 6) is 0.132. The number of rotatable bonds is 4. The summed E-state index contributed by atoms with van der Waals surface area (Å²) in [5.41, 5.74) is 2.13. The van der Waals surface area contributed by atoms with Crippen LogP contribution in [0.3, 0.4) is 0 Å². The van der Waals surface area contributed by atoms with Gasteiger partial charge in [0.05, 0.1) is 23.3 Å². The second-order valence-corrected chi connectivity index (χ2v) is 7.58. The molecule has 0 unspecified atom stereocenters. The van der Waals surface area contributed by atoms with E-state index in [0.717, 1.165) is 11.3 Å². The molecule has 0 radical (unpaired) electrons. The van der Waals surface area contributed by atoms with E-state index in [1.54, 1.807) is 28.5 Å². The molecule has 0 bridgehead atoms. The lowest BCUT2D eigenvalue weighted by Gasteiger charge is -2.08. The van der Waals surface area contributed by atoms with E-state index in [0.29, 0.717) is 10.9 Å². The molecule has 3 aromatic rings. The number of hydrazone groups is 1. The van der Waals surface area contributed by atoms with Crippen molar-refractivity contribution in [3.05, 3.63) is 76.2 Å². The van der Waals surface area contributed by atoms with Gasteiger partial charge in [0.25, 0.3) is 11.5 Å². The Balaban J connectivity index is 1.71. The Morgan fingerprint density at radius 1 is 1.07 bits per heavy atom. The summed E-state index contributed by atoms with van der Waals surface area (Å²) >= 11 is 1.23. The van der Waals surface area contributed by atoms with Gasteiger partial charge >= 0.3 is 0 Å². The van der Waals surface area contributed by atoms with Crippen molar-refractivity contribution in [2.24, 2.45) is 17.1 Å². The fourth-order valence-corrected chi connectivity index (χ4v) is 3.81. The Morgan fingerprint density at radius 3 is 2.47 bits per heavy atom. The number of benzene rings is 2. The lowest BCUT2D eigenvalue weighted by molar-refractivity contribution is -0.124. The minimum atomic E-state index is -0.267. The van der Waals surface area contributed by atoms with Gasteiger partial charge in [0, 0.05) is 7.05 Å². The van der Waals surface area contributed by atoms with Crippen LogP contribution >= 0.6 is 11.8 Å². The highest BCUT2D eigenvalue weighted by atomic mass is 32.2. The molecule has 0 saturated carbocycles. The highest BCUT2D eigenvalue weighted by Crippen LogP contribution is 2.25. The van der Waals surface area contributed by atoms with Crippen molar-refractivity contribution in [3.8, 4) is 11.4 Å². The number of amidine groups is 1. The number of aromatic nitrogens is 2. The number of aliphatic imine (C=N–C) groups is 1. The Labute approximate surface area is 176 Å². The van der Waals surface area contributed by atoms with E-state index in [1.807, 2.05) is 37.3 Å². The smallest absolute Gasteiger partial charge is 0.297 e. The second-order valence-electron chi connectivity index (χ2n) is 6.63. The summed E-state index contributed by atoms with van der Waals surface area (Å²) in [6.45, 7) is 1.81. The van der Waals surface area contributed by atoms with Crippen molar-refractivity contribution in [2.45, 2.75) is 6.92 Å². The zero-order chi connectivity index (χ0) is 21.3. The van der Waals surface area contributed by atoms with Crippen LogP contribution in [0.2, 0.25) is 0 Å². The molecule has 2 aromatic carbocycles. The van der Waals surface area contributed by atoms with Gasteiger partial charge in [-0.1, -0.05) is 30.0 Å². The first-order valence-electron chi connectivity index (χ1n) is 9.17. The maximum Gasteiger partial charge on any atom is 0.297 e. The quantitative estimate of drug-likeness (QED) is 0.656. The number of nitrogens with zero attached hydrogens (tertiary/aromatic N) is 5. The summed E-state index contributed by atoms with van der Waals surface area (Å²) in [5, 5.41) is 15.2. The molecule has 1 aliphatic heterocycles. The fourth-order valence-electron chi connectivity index (χ4n) is 3.01. The van der Waals surface area contributed by atoms with E-state index < -0.39 is 0 Å². The molecule has 152 valence electrons. The number of amides is 1. The molecule has 8 nitrogen and oxygen atoms in total. The maximum atomic E-state index is 13.1. The van der Waals surface area contributed by atoms with Gasteiger partial charge < -0.3 is 5.11 Å². The molecule has 1 aliphatic rings. The molecule has 1 N–H and O–H groups in total. The molecule has 0 spiro atoms. The topological polar surface area (TPSA) is 92.2 Å². The minimum Gasteiger partial charge on any atom is -0.508 e. The molecule has 9 heteroatoms. The van der Waals surface area contributed by atoms with Crippen LogP contribution in [0.25, 0.3) is 5.69 Å². The summed E-state index contributed by atoms with van der Waals surface area (Å²) in [7, 11) is 1.79. The molecular formula is C21H19N5O3S. The average molecular weight is 421 g/mol. The standard InChI is InChI=1S/C21H19N5O3S/c1-14-19(20(29)26(24(14)2)16-6-4-3-5-7-16)23-21-25(18(28)13-30-21)22-12-15-8-10-17(27)11-9-15/h3-12,27H,13H2,1-2H3/b22-12+,23-21?. The first-order chi connectivity index (χ1) is 14.5. The molecule has 30 heavy (non-hydrogen) atoms. The molecule has 1 amide bonds. The number of phenolic OH excluding ortho intramolecular Hbond substituents is 1. The minimum absolute atomic E-state index is 0.149. The van der Waals surface area contributed by atoms with Crippen molar-refractivity contribution < 1.29 is 9.90 Å². The van der Waals surface area contributed by atoms with Gasteiger partial charge in [-0.3, -0.25) is 14.3 Å². The Bertz CT molecular complexity index is 1210. The third-order valence-electron chi connectivity index (χ3n) is 4.69. The monoisotopic (exact) mass is 421 g/mol. The molecule has 2 heterocycles. The molecule has 1 aromatic heterocycles. The van der Waals surface area contributed by atoms with Crippen LogP contribution in [0, 0.1) is 6.92 Å². The summed E-state index contributed by atoms with van der Waals surface area (Å²) in [6, 6.07) is 15.7. The highest BCUT2D eigenvalue weighted by molar-refractivity contribution is 8.15. The first kappa shape index (κ1) is 19.7.